The molecule has 0 bridgehead atoms. The highest BCUT2D eigenvalue weighted by Gasteiger charge is 2.45. The molecule has 3 heterocycles. The Morgan fingerprint density at radius 3 is 2.41 bits per heavy atom. The Balaban J connectivity index is 1.70. The molecular weight excluding hydrogens is 368 g/mol. The molecule has 1 N–H and O–H groups in total. The van der Waals surface area contributed by atoms with Gasteiger partial charge in [-0.15, -0.1) is 0 Å². The van der Waals surface area contributed by atoms with Crippen molar-refractivity contribution >= 4 is 17.4 Å². The van der Waals surface area contributed by atoms with Crippen molar-refractivity contribution in [2.45, 2.75) is 19.0 Å². The van der Waals surface area contributed by atoms with Gasteiger partial charge in [-0.25, -0.2) is 4.98 Å². The zero-order valence-electron chi connectivity index (χ0n) is 15.7. The topological polar surface area (TPSA) is 88.3 Å². The van der Waals surface area contributed by atoms with E-state index in [-0.39, 0.29) is 11.3 Å². The minimum atomic E-state index is -0.671. The van der Waals surface area contributed by atoms with Crippen LogP contribution in [0, 0.1) is 0 Å². The molecule has 0 aliphatic carbocycles. The lowest BCUT2D eigenvalue weighted by Crippen LogP contribution is -2.31. The summed E-state index contributed by atoms with van der Waals surface area (Å²) in [6, 6.07) is 11.7. The third-order valence-electron chi connectivity index (χ3n) is 4.98. The fourth-order valence-corrected chi connectivity index (χ4v) is 3.60. The van der Waals surface area contributed by atoms with Crippen molar-refractivity contribution in [3.63, 3.8) is 0 Å². The third-order valence-corrected chi connectivity index (χ3v) is 4.98. The number of imidazole rings is 1. The molecule has 1 fully saturated rings. The van der Waals surface area contributed by atoms with Crippen LogP contribution in [0.15, 0.2) is 79.2 Å². The standard InChI is InChI=1S/C22H20N4O3/c27-20(17-5-2-1-3-6-17)18-19(16-7-9-23-10-8-16)26(22(29)21(18)28)13-4-12-25-14-11-24-15-25/h1-3,5-11,14-15,19,27H,4,12-13H2. The SMILES string of the molecule is O=C1C(=O)N(CCCn2ccnc2)C(c2ccncc2)C1=C(O)c1ccccc1. The number of aryl methyl sites for hydroxylation is 1. The van der Waals surface area contributed by atoms with Gasteiger partial charge in [-0.3, -0.25) is 14.6 Å². The molecule has 2 aromatic heterocycles. The van der Waals surface area contributed by atoms with Gasteiger partial charge in [0, 0.05) is 43.4 Å². The molecule has 4 rings (SSSR count). The summed E-state index contributed by atoms with van der Waals surface area (Å²) in [4.78, 5) is 35.3. The van der Waals surface area contributed by atoms with Gasteiger partial charge in [0.1, 0.15) is 5.76 Å². The number of aliphatic hydroxyl groups excluding tert-OH is 1. The van der Waals surface area contributed by atoms with Crippen molar-refractivity contribution in [1.82, 2.24) is 19.4 Å². The van der Waals surface area contributed by atoms with E-state index in [2.05, 4.69) is 9.97 Å². The Morgan fingerprint density at radius 2 is 1.72 bits per heavy atom. The van der Waals surface area contributed by atoms with Crippen LogP contribution < -0.4 is 0 Å². The minimum Gasteiger partial charge on any atom is -0.507 e. The average Bonchev–Trinajstić information content (AvgIpc) is 3.37. The van der Waals surface area contributed by atoms with Crippen molar-refractivity contribution < 1.29 is 14.7 Å². The predicted molar refractivity (Wildman–Crippen MR) is 107 cm³/mol. The van der Waals surface area contributed by atoms with Gasteiger partial charge in [0.15, 0.2) is 0 Å². The van der Waals surface area contributed by atoms with Gasteiger partial charge in [0.25, 0.3) is 11.7 Å². The number of Topliss-reactive ketones (excluding diaryl/α,β-unsaturated/α-hetero) is 1. The molecule has 1 saturated heterocycles. The van der Waals surface area contributed by atoms with Crippen LogP contribution >= 0.6 is 0 Å². The first-order chi connectivity index (χ1) is 14.2. The monoisotopic (exact) mass is 388 g/mol. The van der Waals surface area contributed by atoms with E-state index in [9.17, 15) is 14.7 Å². The molecule has 0 radical (unpaired) electrons. The summed E-state index contributed by atoms with van der Waals surface area (Å²) in [5.41, 5.74) is 1.34. The number of aromatic nitrogens is 3. The van der Waals surface area contributed by atoms with E-state index in [1.54, 1.807) is 61.3 Å². The highest BCUT2D eigenvalue weighted by molar-refractivity contribution is 6.46. The van der Waals surface area contributed by atoms with E-state index in [4.69, 9.17) is 0 Å². The van der Waals surface area contributed by atoms with Crippen molar-refractivity contribution in [3.05, 3.63) is 90.3 Å². The molecule has 1 unspecified atom stereocenters. The number of benzene rings is 1. The van der Waals surface area contributed by atoms with Crippen molar-refractivity contribution in [2.24, 2.45) is 0 Å². The summed E-state index contributed by atoms with van der Waals surface area (Å²) in [7, 11) is 0. The summed E-state index contributed by atoms with van der Waals surface area (Å²) in [5, 5.41) is 10.9. The van der Waals surface area contributed by atoms with Crippen LogP contribution in [0.1, 0.15) is 23.6 Å². The Labute approximate surface area is 168 Å². The van der Waals surface area contributed by atoms with E-state index in [1.165, 1.54) is 4.90 Å². The molecule has 1 aliphatic rings. The maximum Gasteiger partial charge on any atom is 0.295 e. The van der Waals surface area contributed by atoms with E-state index >= 15 is 0 Å². The molecule has 146 valence electrons. The maximum absolute atomic E-state index is 12.9. The van der Waals surface area contributed by atoms with Crippen LogP contribution in [-0.4, -0.2) is 42.8 Å². The number of nitrogens with zero attached hydrogens (tertiary/aromatic N) is 4. The normalized spacial score (nSPS) is 18.3. The lowest BCUT2D eigenvalue weighted by atomic mass is 9.96. The molecule has 7 heteroatoms. The predicted octanol–water partition coefficient (Wildman–Crippen LogP) is 2.79. The molecule has 1 amide bonds. The fraction of sp³-hybridized carbons (Fsp3) is 0.182. The number of carbonyl (C=O) groups is 2. The first-order valence-electron chi connectivity index (χ1n) is 9.36. The fourth-order valence-electron chi connectivity index (χ4n) is 3.60. The first kappa shape index (κ1) is 18.6. The second kappa shape index (κ2) is 8.10. The zero-order valence-corrected chi connectivity index (χ0v) is 15.7. The third kappa shape index (κ3) is 3.67. The van der Waals surface area contributed by atoms with Crippen molar-refractivity contribution in [1.29, 1.82) is 0 Å². The molecule has 1 aliphatic heterocycles. The van der Waals surface area contributed by atoms with E-state index in [1.807, 2.05) is 16.8 Å². The Hall–Kier alpha value is -3.74. The second-order valence-corrected chi connectivity index (χ2v) is 6.79. The van der Waals surface area contributed by atoms with Crippen molar-refractivity contribution in [3.8, 4) is 0 Å². The molecule has 3 aromatic rings. The van der Waals surface area contributed by atoms with Crippen LogP contribution in [0.5, 0.6) is 0 Å². The number of rotatable bonds is 6. The smallest absolute Gasteiger partial charge is 0.295 e. The number of hydrogen-bond acceptors (Lipinski definition) is 5. The van der Waals surface area contributed by atoms with Crippen LogP contribution in [0.25, 0.3) is 5.76 Å². The molecule has 0 spiro atoms. The Kier molecular flexibility index (Phi) is 5.20. The van der Waals surface area contributed by atoms with Gasteiger partial charge < -0.3 is 14.6 Å². The van der Waals surface area contributed by atoms with Gasteiger partial charge in [-0.05, 0) is 24.1 Å². The Bertz CT molecular complexity index is 1030. The van der Waals surface area contributed by atoms with Gasteiger partial charge >= 0.3 is 0 Å². The maximum atomic E-state index is 12.9. The molecule has 29 heavy (non-hydrogen) atoms. The average molecular weight is 388 g/mol. The lowest BCUT2D eigenvalue weighted by Gasteiger charge is -2.25. The highest BCUT2D eigenvalue weighted by atomic mass is 16.3. The molecule has 1 atom stereocenters. The van der Waals surface area contributed by atoms with Crippen LogP contribution in [0.3, 0.4) is 0 Å². The van der Waals surface area contributed by atoms with Gasteiger partial charge in [-0.1, -0.05) is 30.3 Å². The molecule has 0 saturated carbocycles. The number of hydrogen-bond donors (Lipinski definition) is 1. The summed E-state index contributed by atoms with van der Waals surface area (Å²) in [6.45, 7) is 1.05. The number of aliphatic hydroxyl groups is 1. The Morgan fingerprint density at radius 1 is 0.966 bits per heavy atom. The van der Waals surface area contributed by atoms with Gasteiger partial charge in [0.2, 0.25) is 0 Å². The van der Waals surface area contributed by atoms with E-state index in [0.717, 1.165) is 5.56 Å². The summed E-state index contributed by atoms with van der Waals surface area (Å²) >= 11 is 0. The first-order valence-corrected chi connectivity index (χ1v) is 9.36. The van der Waals surface area contributed by atoms with Crippen LogP contribution in [-0.2, 0) is 16.1 Å². The zero-order chi connectivity index (χ0) is 20.2. The number of ketones is 1. The minimum absolute atomic E-state index is 0.107. The van der Waals surface area contributed by atoms with E-state index in [0.29, 0.717) is 25.1 Å². The lowest BCUT2D eigenvalue weighted by molar-refractivity contribution is -0.139. The van der Waals surface area contributed by atoms with Gasteiger partial charge in [-0.2, -0.15) is 0 Å². The molecule has 7 nitrogen and oxygen atoms in total. The number of carbonyl (C=O) groups excluding carboxylic acids is 2. The summed E-state index contributed by atoms with van der Waals surface area (Å²) < 4.78 is 1.92. The molecular formula is C22H20N4O3. The number of amides is 1. The quantitative estimate of drug-likeness (QED) is 0.399. The largest absolute Gasteiger partial charge is 0.507 e. The van der Waals surface area contributed by atoms with Crippen molar-refractivity contribution in [2.75, 3.05) is 6.54 Å². The molecule has 1 aromatic carbocycles. The van der Waals surface area contributed by atoms with E-state index < -0.39 is 17.7 Å². The highest BCUT2D eigenvalue weighted by Crippen LogP contribution is 2.39. The summed E-state index contributed by atoms with van der Waals surface area (Å²) in [6.07, 6.45) is 9.14. The second-order valence-electron chi connectivity index (χ2n) is 6.79. The van der Waals surface area contributed by atoms with Crippen LogP contribution in [0.2, 0.25) is 0 Å². The van der Waals surface area contributed by atoms with Gasteiger partial charge in [0.05, 0.1) is 17.9 Å². The van der Waals surface area contributed by atoms with Crippen LogP contribution in [0.4, 0.5) is 0 Å². The number of pyridine rings is 1. The number of likely N-dealkylation sites (tertiary alicyclic amines) is 1. The summed E-state index contributed by atoms with van der Waals surface area (Å²) in [5.74, 6) is -1.44.